The molecule has 0 unspecified atom stereocenters. The maximum absolute atomic E-state index is 13.4. The number of benzene rings is 2. The summed E-state index contributed by atoms with van der Waals surface area (Å²) >= 11 is 5.92. The first-order valence-electron chi connectivity index (χ1n) is 7.09. The van der Waals surface area contributed by atoms with Gasteiger partial charge < -0.3 is 10.1 Å². The molecular formula is C17H16ClF2NO2. The Morgan fingerprint density at radius 1 is 1.22 bits per heavy atom. The lowest BCUT2D eigenvalue weighted by atomic mass is 10.2. The van der Waals surface area contributed by atoms with Crippen LogP contribution in [-0.2, 0) is 4.79 Å². The van der Waals surface area contributed by atoms with Crippen molar-refractivity contribution in [2.24, 2.45) is 0 Å². The van der Waals surface area contributed by atoms with Crippen LogP contribution < -0.4 is 10.1 Å². The summed E-state index contributed by atoms with van der Waals surface area (Å²) in [6.07, 6.45) is 0.639. The molecule has 2 aromatic carbocycles. The van der Waals surface area contributed by atoms with E-state index in [1.165, 1.54) is 6.07 Å². The van der Waals surface area contributed by atoms with Crippen LogP contribution in [0.25, 0.3) is 0 Å². The highest BCUT2D eigenvalue weighted by molar-refractivity contribution is 6.31. The fraction of sp³-hybridized carbons (Fsp3) is 0.235. The van der Waals surface area contributed by atoms with Crippen LogP contribution >= 0.6 is 11.6 Å². The van der Waals surface area contributed by atoms with Crippen molar-refractivity contribution < 1.29 is 18.3 Å². The first-order chi connectivity index (χ1) is 11.0. The number of carbonyl (C=O) groups excluding carboxylic acids is 1. The summed E-state index contributed by atoms with van der Waals surface area (Å²) in [5, 5.41) is 3.06. The Labute approximate surface area is 138 Å². The first kappa shape index (κ1) is 17.2. The molecule has 122 valence electrons. The van der Waals surface area contributed by atoms with Gasteiger partial charge in [-0.25, -0.2) is 8.78 Å². The van der Waals surface area contributed by atoms with Gasteiger partial charge in [-0.2, -0.15) is 0 Å². The van der Waals surface area contributed by atoms with E-state index in [1.807, 2.05) is 13.0 Å². The lowest BCUT2D eigenvalue weighted by Gasteiger charge is -2.09. The number of anilines is 1. The summed E-state index contributed by atoms with van der Waals surface area (Å²) in [6, 6.07) is 8.32. The Hall–Kier alpha value is -2.14. The Morgan fingerprint density at radius 3 is 2.70 bits per heavy atom. The number of aryl methyl sites for hydroxylation is 1. The molecule has 0 aliphatic rings. The topological polar surface area (TPSA) is 38.3 Å². The van der Waals surface area contributed by atoms with E-state index in [0.29, 0.717) is 23.8 Å². The molecule has 1 N–H and O–H groups in total. The van der Waals surface area contributed by atoms with Gasteiger partial charge in [0, 0.05) is 17.5 Å². The molecule has 0 fully saturated rings. The van der Waals surface area contributed by atoms with Gasteiger partial charge in [0.15, 0.2) is 0 Å². The molecule has 0 aliphatic carbocycles. The highest BCUT2D eigenvalue weighted by atomic mass is 35.5. The number of rotatable bonds is 6. The van der Waals surface area contributed by atoms with Crippen molar-refractivity contribution in [3.63, 3.8) is 0 Å². The molecule has 0 aromatic heterocycles. The zero-order valence-electron chi connectivity index (χ0n) is 12.5. The molecule has 2 aromatic rings. The number of amides is 1. The zero-order chi connectivity index (χ0) is 16.8. The SMILES string of the molecule is Cc1cc(OCCCC(=O)Nc2ccc(F)cc2F)ccc1Cl. The molecular weight excluding hydrogens is 324 g/mol. The van der Waals surface area contributed by atoms with E-state index in [1.54, 1.807) is 12.1 Å². The van der Waals surface area contributed by atoms with Crippen LogP contribution in [0.15, 0.2) is 36.4 Å². The van der Waals surface area contributed by atoms with E-state index in [9.17, 15) is 13.6 Å². The molecule has 0 radical (unpaired) electrons. The molecule has 0 spiro atoms. The number of hydrogen-bond acceptors (Lipinski definition) is 2. The van der Waals surface area contributed by atoms with Crippen molar-refractivity contribution in [2.45, 2.75) is 19.8 Å². The Balaban J connectivity index is 1.75. The van der Waals surface area contributed by atoms with E-state index in [-0.39, 0.29) is 18.0 Å². The summed E-state index contributed by atoms with van der Waals surface area (Å²) in [7, 11) is 0. The fourth-order valence-corrected chi connectivity index (χ4v) is 2.05. The molecule has 0 atom stereocenters. The molecule has 0 aliphatic heterocycles. The number of hydrogen-bond donors (Lipinski definition) is 1. The highest BCUT2D eigenvalue weighted by Crippen LogP contribution is 2.21. The van der Waals surface area contributed by atoms with Crippen LogP contribution in [0, 0.1) is 18.6 Å². The number of ether oxygens (including phenoxy) is 1. The molecule has 1 amide bonds. The van der Waals surface area contributed by atoms with Gasteiger partial charge in [0.1, 0.15) is 17.4 Å². The largest absolute Gasteiger partial charge is 0.494 e. The number of halogens is 3. The van der Waals surface area contributed by atoms with Gasteiger partial charge >= 0.3 is 0 Å². The van der Waals surface area contributed by atoms with E-state index in [2.05, 4.69) is 5.32 Å². The van der Waals surface area contributed by atoms with Crippen molar-refractivity contribution in [2.75, 3.05) is 11.9 Å². The maximum Gasteiger partial charge on any atom is 0.224 e. The van der Waals surface area contributed by atoms with Crippen LogP contribution in [0.4, 0.5) is 14.5 Å². The second kappa shape index (κ2) is 7.92. The predicted octanol–water partition coefficient (Wildman–Crippen LogP) is 4.72. The van der Waals surface area contributed by atoms with Crippen LogP contribution in [0.3, 0.4) is 0 Å². The first-order valence-corrected chi connectivity index (χ1v) is 7.47. The minimum atomic E-state index is -0.800. The fourth-order valence-electron chi connectivity index (χ4n) is 1.93. The van der Waals surface area contributed by atoms with Crippen molar-refractivity contribution in [1.82, 2.24) is 0 Å². The summed E-state index contributed by atoms with van der Waals surface area (Å²) in [4.78, 5) is 11.7. The third kappa shape index (κ3) is 5.21. The minimum absolute atomic E-state index is 0.0364. The van der Waals surface area contributed by atoms with E-state index in [4.69, 9.17) is 16.3 Å². The maximum atomic E-state index is 13.4. The van der Waals surface area contributed by atoms with Crippen LogP contribution in [0.5, 0.6) is 5.75 Å². The molecule has 3 nitrogen and oxygen atoms in total. The van der Waals surface area contributed by atoms with Crippen LogP contribution in [0.2, 0.25) is 5.02 Å². The third-order valence-corrected chi connectivity index (χ3v) is 3.58. The monoisotopic (exact) mass is 339 g/mol. The van der Waals surface area contributed by atoms with Crippen molar-refractivity contribution in [3.05, 3.63) is 58.6 Å². The Kier molecular flexibility index (Phi) is 5.93. The Bertz CT molecular complexity index is 707. The summed E-state index contributed by atoms with van der Waals surface area (Å²) in [5.41, 5.74) is 0.874. The lowest BCUT2D eigenvalue weighted by Crippen LogP contribution is -2.14. The third-order valence-electron chi connectivity index (χ3n) is 3.15. The van der Waals surface area contributed by atoms with Gasteiger partial charge in [0.25, 0.3) is 0 Å². The standard InChI is InChI=1S/C17H16ClF2NO2/c1-11-9-13(5-6-14(11)18)23-8-2-3-17(22)21-16-7-4-12(19)10-15(16)20/h4-7,9-10H,2-3,8H2,1H3,(H,21,22). The Morgan fingerprint density at radius 2 is 2.00 bits per heavy atom. The van der Waals surface area contributed by atoms with Gasteiger partial charge in [-0.1, -0.05) is 11.6 Å². The van der Waals surface area contributed by atoms with Crippen molar-refractivity contribution in [3.8, 4) is 5.75 Å². The molecule has 0 heterocycles. The lowest BCUT2D eigenvalue weighted by molar-refractivity contribution is -0.116. The average molecular weight is 340 g/mol. The molecule has 0 bridgehead atoms. The smallest absolute Gasteiger partial charge is 0.224 e. The predicted molar refractivity (Wildman–Crippen MR) is 85.9 cm³/mol. The van der Waals surface area contributed by atoms with Crippen molar-refractivity contribution in [1.29, 1.82) is 0 Å². The van der Waals surface area contributed by atoms with E-state index >= 15 is 0 Å². The van der Waals surface area contributed by atoms with Gasteiger partial charge in [0.05, 0.1) is 12.3 Å². The zero-order valence-corrected chi connectivity index (χ0v) is 13.3. The molecule has 2 rings (SSSR count). The average Bonchev–Trinajstić information content (AvgIpc) is 2.50. The summed E-state index contributed by atoms with van der Waals surface area (Å²) in [6.45, 7) is 2.22. The second-order valence-electron chi connectivity index (χ2n) is 5.04. The van der Waals surface area contributed by atoms with E-state index in [0.717, 1.165) is 17.7 Å². The highest BCUT2D eigenvalue weighted by Gasteiger charge is 2.08. The number of nitrogens with one attached hydrogen (secondary N) is 1. The van der Waals surface area contributed by atoms with Crippen LogP contribution in [-0.4, -0.2) is 12.5 Å². The van der Waals surface area contributed by atoms with Crippen molar-refractivity contribution >= 4 is 23.2 Å². The molecule has 23 heavy (non-hydrogen) atoms. The van der Waals surface area contributed by atoms with Gasteiger partial charge in [-0.15, -0.1) is 0 Å². The quantitative estimate of drug-likeness (QED) is 0.773. The van der Waals surface area contributed by atoms with Crippen LogP contribution in [0.1, 0.15) is 18.4 Å². The molecule has 6 heteroatoms. The summed E-state index contributed by atoms with van der Waals surface area (Å²) in [5.74, 6) is -1.17. The normalized spacial score (nSPS) is 10.4. The van der Waals surface area contributed by atoms with E-state index < -0.39 is 11.6 Å². The van der Waals surface area contributed by atoms with Gasteiger partial charge in [-0.05, 0) is 49.2 Å². The molecule has 0 saturated heterocycles. The summed E-state index contributed by atoms with van der Waals surface area (Å²) < 4.78 is 31.7. The number of carbonyl (C=O) groups is 1. The van der Waals surface area contributed by atoms with Gasteiger partial charge in [0.2, 0.25) is 5.91 Å². The second-order valence-corrected chi connectivity index (χ2v) is 5.44. The van der Waals surface area contributed by atoms with Gasteiger partial charge in [-0.3, -0.25) is 4.79 Å². The minimum Gasteiger partial charge on any atom is -0.494 e. The molecule has 0 saturated carbocycles.